The van der Waals surface area contributed by atoms with Crippen LogP contribution in [-0.2, 0) is 0 Å². The predicted octanol–water partition coefficient (Wildman–Crippen LogP) is 12.5. The summed E-state index contributed by atoms with van der Waals surface area (Å²) < 4.78 is 12.7. The molecule has 8 nitrogen and oxygen atoms in total. The van der Waals surface area contributed by atoms with Crippen molar-refractivity contribution in [3.8, 4) is 56.7 Å². The molecule has 0 amide bonds. The molecule has 0 aliphatic heterocycles. The maximum Gasteiger partial charge on any atom is 0.228 e. The second kappa shape index (κ2) is 12.7. The van der Waals surface area contributed by atoms with E-state index in [0.717, 1.165) is 87.9 Å². The van der Waals surface area contributed by atoms with Gasteiger partial charge in [-0.1, -0.05) is 121 Å². The Bertz CT molecular complexity index is 3580. The molecule has 0 saturated carbocycles. The summed E-state index contributed by atoms with van der Waals surface area (Å²) in [5.41, 5.74) is 10.3. The molecule has 5 aromatic heterocycles. The lowest BCUT2D eigenvalue weighted by Crippen LogP contribution is -2.01. The fourth-order valence-electron chi connectivity index (χ4n) is 8.12. The van der Waals surface area contributed by atoms with E-state index in [2.05, 4.69) is 77.8 Å². The molecule has 0 N–H and O–H groups in total. The SMILES string of the molecule is c1ccc(-c2nc(-c3ccc(-c4ccc(-c5nc6c(ccc7c8ccccc8oc76)o5)c5ccccc45)cc3)nc(-c3ccnc4c3ccc3cccnc34)n2)cc1. The van der Waals surface area contributed by atoms with Crippen LogP contribution in [0, 0.1) is 0 Å². The maximum atomic E-state index is 6.41. The van der Waals surface area contributed by atoms with Gasteiger partial charge < -0.3 is 8.83 Å². The summed E-state index contributed by atoms with van der Waals surface area (Å²) in [6, 6.07) is 53.2. The third-order valence-electron chi connectivity index (χ3n) is 10.9. The summed E-state index contributed by atoms with van der Waals surface area (Å²) in [6.45, 7) is 0. The van der Waals surface area contributed by atoms with Gasteiger partial charge in [0, 0.05) is 56.2 Å². The van der Waals surface area contributed by atoms with Gasteiger partial charge in [-0.3, -0.25) is 9.97 Å². The van der Waals surface area contributed by atoms with Crippen LogP contribution in [-0.4, -0.2) is 29.9 Å². The summed E-state index contributed by atoms with van der Waals surface area (Å²) >= 11 is 0. The van der Waals surface area contributed by atoms with E-state index in [1.165, 1.54) is 0 Å². The molecular weight excluding hydrogens is 717 g/mol. The van der Waals surface area contributed by atoms with E-state index >= 15 is 0 Å². The Balaban J connectivity index is 0.951. The van der Waals surface area contributed by atoms with Gasteiger partial charge in [-0.15, -0.1) is 0 Å². The lowest BCUT2D eigenvalue weighted by atomic mass is 9.94. The van der Waals surface area contributed by atoms with Crippen molar-refractivity contribution in [2.24, 2.45) is 0 Å². The average molecular weight is 745 g/mol. The highest BCUT2D eigenvalue weighted by Crippen LogP contribution is 2.40. The second-order valence-corrected chi connectivity index (χ2v) is 14.3. The van der Waals surface area contributed by atoms with Crippen molar-refractivity contribution in [2.45, 2.75) is 0 Å². The number of benzene rings is 7. The third kappa shape index (κ3) is 5.09. The normalized spacial score (nSPS) is 11.8. The molecule has 12 aromatic rings. The van der Waals surface area contributed by atoms with Gasteiger partial charge in [0.05, 0.1) is 11.0 Å². The lowest BCUT2D eigenvalue weighted by Gasteiger charge is -2.12. The number of fused-ring (bicyclic) bond motifs is 9. The number of rotatable bonds is 5. The molecule has 0 radical (unpaired) electrons. The van der Waals surface area contributed by atoms with Gasteiger partial charge in [0.1, 0.15) is 5.58 Å². The molecule has 0 spiro atoms. The Morgan fingerprint density at radius 2 is 1.00 bits per heavy atom. The average Bonchev–Trinajstić information content (AvgIpc) is 3.91. The maximum absolute atomic E-state index is 6.41. The fraction of sp³-hybridized carbons (Fsp3) is 0. The first-order valence-corrected chi connectivity index (χ1v) is 19.0. The first-order valence-electron chi connectivity index (χ1n) is 19.0. The second-order valence-electron chi connectivity index (χ2n) is 14.3. The monoisotopic (exact) mass is 744 g/mol. The minimum Gasteiger partial charge on any atom is -0.454 e. The highest BCUT2D eigenvalue weighted by atomic mass is 16.4. The molecule has 5 heterocycles. The van der Waals surface area contributed by atoms with Crippen molar-refractivity contribution in [1.29, 1.82) is 0 Å². The number of para-hydroxylation sites is 1. The van der Waals surface area contributed by atoms with Crippen molar-refractivity contribution in [2.75, 3.05) is 0 Å². The summed E-state index contributed by atoms with van der Waals surface area (Å²) in [5, 5.41) is 6.16. The molecular formula is C50H28N6O2. The zero-order valence-electron chi connectivity index (χ0n) is 30.7. The summed E-state index contributed by atoms with van der Waals surface area (Å²) in [4.78, 5) is 29.5. The van der Waals surface area contributed by atoms with Crippen LogP contribution in [0.1, 0.15) is 0 Å². The smallest absolute Gasteiger partial charge is 0.228 e. The van der Waals surface area contributed by atoms with Crippen LogP contribution >= 0.6 is 0 Å². The van der Waals surface area contributed by atoms with Crippen LogP contribution in [0.25, 0.3) is 122 Å². The first-order chi connectivity index (χ1) is 28.7. The van der Waals surface area contributed by atoms with Crippen molar-refractivity contribution in [1.82, 2.24) is 29.9 Å². The first kappa shape index (κ1) is 32.2. The van der Waals surface area contributed by atoms with Crippen LogP contribution < -0.4 is 0 Å². The molecule has 0 aliphatic carbocycles. The molecule has 0 atom stereocenters. The van der Waals surface area contributed by atoms with Gasteiger partial charge in [0.15, 0.2) is 34.2 Å². The fourth-order valence-corrected chi connectivity index (χ4v) is 8.12. The van der Waals surface area contributed by atoms with E-state index in [1.807, 2.05) is 84.9 Å². The van der Waals surface area contributed by atoms with E-state index in [-0.39, 0.29) is 0 Å². The van der Waals surface area contributed by atoms with E-state index < -0.39 is 0 Å². The Kier molecular flexibility index (Phi) is 7.06. The molecule has 270 valence electrons. The van der Waals surface area contributed by atoms with E-state index in [1.54, 1.807) is 12.4 Å². The minimum absolute atomic E-state index is 0.548. The predicted molar refractivity (Wildman–Crippen MR) is 230 cm³/mol. The van der Waals surface area contributed by atoms with E-state index in [9.17, 15) is 0 Å². The molecule has 7 aromatic carbocycles. The molecule has 0 unspecified atom stereocenters. The van der Waals surface area contributed by atoms with Gasteiger partial charge in [-0.2, -0.15) is 0 Å². The van der Waals surface area contributed by atoms with Crippen LogP contribution in [0.5, 0.6) is 0 Å². The number of pyridine rings is 2. The summed E-state index contributed by atoms with van der Waals surface area (Å²) in [6.07, 6.45) is 3.59. The highest BCUT2D eigenvalue weighted by Gasteiger charge is 2.20. The molecule has 12 rings (SSSR count). The third-order valence-corrected chi connectivity index (χ3v) is 10.9. The highest BCUT2D eigenvalue weighted by molar-refractivity contribution is 6.14. The number of furan rings is 1. The van der Waals surface area contributed by atoms with Crippen LogP contribution in [0.3, 0.4) is 0 Å². The molecule has 0 saturated heterocycles. The number of hydrogen-bond acceptors (Lipinski definition) is 8. The molecule has 0 bridgehead atoms. The standard InChI is InChI=1S/C50H28N6O2/c1-2-9-31(10-3-1)47-54-48(56-49(55-47)39-26-28-52-44-37(39)21-20-30-11-8-27-51-43(30)44)32-18-16-29(17-19-32)33-22-23-40(35-13-5-4-12-34(33)35)50-53-45-42(58-50)25-24-38-36-14-6-7-15-41(36)57-46(38)45/h1-28H. The van der Waals surface area contributed by atoms with Gasteiger partial charge in [-0.05, 0) is 58.3 Å². The Morgan fingerprint density at radius 3 is 1.84 bits per heavy atom. The number of nitrogens with zero attached hydrogens (tertiary/aromatic N) is 6. The lowest BCUT2D eigenvalue weighted by molar-refractivity contribution is 0.620. The molecule has 58 heavy (non-hydrogen) atoms. The zero-order chi connectivity index (χ0) is 38.2. The van der Waals surface area contributed by atoms with Crippen LogP contribution in [0.2, 0.25) is 0 Å². The molecule has 0 fully saturated rings. The van der Waals surface area contributed by atoms with Crippen LogP contribution in [0.15, 0.2) is 179 Å². The van der Waals surface area contributed by atoms with Gasteiger partial charge in [0.25, 0.3) is 0 Å². The number of aromatic nitrogens is 6. The zero-order valence-corrected chi connectivity index (χ0v) is 30.7. The van der Waals surface area contributed by atoms with Crippen LogP contribution in [0.4, 0.5) is 0 Å². The van der Waals surface area contributed by atoms with Crippen molar-refractivity contribution in [3.05, 3.63) is 170 Å². The van der Waals surface area contributed by atoms with Crippen molar-refractivity contribution >= 4 is 65.6 Å². The Hall–Kier alpha value is -8.10. The Labute approximate surface area is 330 Å². The number of hydrogen-bond donors (Lipinski definition) is 0. The van der Waals surface area contributed by atoms with Gasteiger partial charge in [-0.25, -0.2) is 19.9 Å². The van der Waals surface area contributed by atoms with E-state index in [4.69, 9.17) is 33.8 Å². The quantitative estimate of drug-likeness (QED) is 0.160. The van der Waals surface area contributed by atoms with Crippen molar-refractivity contribution in [3.63, 3.8) is 0 Å². The van der Waals surface area contributed by atoms with E-state index in [0.29, 0.717) is 34.5 Å². The van der Waals surface area contributed by atoms with Gasteiger partial charge >= 0.3 is 0 Å². The largest absolute Gasteiger partial charge is 0.454 e. The van der Waals surface area contributed by atoms with Gasteiger partial charge in [0.2, 0.25) is 5.89 Å². The molecule has 8 heteroatoms. The Morgan fingerprint density at radius 1 is 0.328 bits per heavy atom. The molecule has 0 aliphatic rings. The summed E-state index contributed by atoms with van der Waals surface area (Å²) in [7, 11) is 0. The topological polar surface area (TPSA) is 104 Å². The number of oxazole rings is 1. The van der Waals surface area contributed by atoms with Crippen molar-refractivity contribution < 1.29 is 8.83 Å². The minimum atomic E-state index is 0.548. The summed E-state index contributed by atoms with van der Waals surface area (Å²) in [5.74, 6) is 2.29.